The van der Waals surface area contributed by atoms with E-state index < -0.39 is 0 Å². The zero-order valence-electron chi connectivity index (χ0n) is 12.7. The third-order valence-electron chi connectivity index (χ3n) is 3.75. The summed E-state index contributed by atoms with van der Waals surface area (Å²) in [6.07, 6.45) is 0. The normalized spacial score (nSPS) is 10.5. The Bertz CT molecular complexity index is 792. The molecule has 2 nitrogen and oxygen atoms in total. The predicted octanol–water partition coefficient (Wildman–Crippen LogP) is 5.04. The zero-order chi connectivity index (χ0) is 15.5. The molecule has 0 aromatic heterocycles. The van der Waals surface area contributed by atoms with Gasteiger partial charge in [0.2, 0.25) is 0 Å². The van der Waals surface area contributed by atoms with Gasteiger partial charge in [0.25, 0.3) is 0 Å². The van der Waals surface area contributed by atoms with Crippen LogP contribution in [0.3, 0.4) is 0 Å². The third kappa shape index (κ3) is 2.56. The molecule has 0 saturated heterocycles. The summed E-state index contributed by atoms with van der Waals surface area (Å²) in [5, 5.41) is 10.2. The number of ether oxygens (including phenoxy) is 1. The van der Waals surface area contributed by atoms with Crippen LogP contribution in [0.1, 0.15) is 5.56 Å². The summed E-state index contributed by atoms with van der Waals surface area (Å²) in [5.74, 6) is 1.03. The van der Waals surface area contributed by atoms with Crippen molar-refractivity contribution in [3.8, 4) is 33.8 Å². The first-order valence-electron chi connectivity index (χ1n) is 7.23. The maximum Gasteiger partial charge on any atom is 0.134 e. The van der Waals surface area contributed by atoms with Gasteiger partial charge in [-0.2, -0.15) is 0 Å². The van der Waals surface area contributed by atoms with E-state index in [2.05, 4.69) is 12.1 Å². The van der Waals surface area contributed by atoms with Gasteiger partial charge in [-0.3, -0.25) is 0 Å². The Morgan fingerprint density at radius 3 is 2.23 bits per heavy atom. The van der Waals surface area contributed by atoms with Crippen LogP contribution in [0.4, 0.5) is 0 Å². The highest BCUT2D eigenvalue weighted by molar-refractivity contribution is 5.84. The average Bonchev–Trinajstić information content (AvgIpc) is 2.57. The summed E-state index contributed by atoms with van der Waals surface area (Å²) in [6.45, 7) is 2.01. The van der Waals surface area contributed by atoms with Crippen LogP contribution < -0.4 is 4.74 Å². The van der Waals surface area contributed by atoms with Crippen LogP contribution in [-0.4, -0.2) is 12.2 Å². The van der Waals surface area contributed by atoms with Crippen molar-refractivity contribution in [2.75, 3.05) is 7.11 Å². The van der Waals surface area contributed by atoms with Gasteiger partial charge in [-0.05, 0) is 24.6 Å². The van der Waals surface area contributed by atoms with Crippen molar-refractivity contribution in [2.24, 2.45) is 0 Å². The van der Waals surface area contributed by atoms with E-state index in [1.807, 2.05) is 55.5 Å². The minimum Gasteiger partial charge on any atom is -0.507 e. The van der Waals surface area contributed by atoms with Crippen LogP contribution in [0, 0.1) is 6.92 Å². The Labute approximate surface area is 130 Å². The van der Waals surface area contributed by atoms with E-state index in [4.69, 9.17) is 4.74 Å². The highest BCUT2D eigenvalue weighted by Crippen LogP contribution is 2.41. The van der Waals surface area contributed by atoms with E-state index in [1.165, 1.54) is 0 Å². The first kappa shape index (κ1) is 14.2. The molecule has 0 heterocycles. The monoisotopic (exact) mass is 290 g/mol. The summed E-state index contributed by atoms with van der Waals surface area (Å²) >= 11 is 0. The summed E-state index contributed by atoms with van der Waals surface area (Å²) in [6, 6.07) is 21.7. The van der Waals surface area contributed by atoms with Gasteiger partial charge in [0.1, 0.15) is 11.5 Å². The van der Waals surface area contributed by atoms with E-state index in [1.54, 1.807) is 13.2 Å². The number of para-hydroxylation sites is 1. The van der Waals surface area contributed by atoms with Crippen molar-refractivity contribution in [1.82, 2.24) is 0 Å². The molecule has 3 aromatic rings. The SMILES string of the molecule is COc1c(-c2ccccc2)cccc1-c1cc(C)ccc1O. The number of benzene rings is 3. The molecule has 0 fully saturated rings. The van der Waals surface area contributed by atoms with Crippen LogP contribution in [0.5, 0.6) is 11.5 Å². The number of phenols is 1. The van der Waals surface area contributed by atoms with Gasteiger partial charge in [-0.1, -0.05) is 60.2 Å². The number of aromatic hydroxyl groups is 1. The number of aryl methyl sites for hydroxylation is 1. The fraction of sp³-hybridized carbons (Fsp3) is 0.100. The van der Waals surface area contributed by atoms with Gasteiger partial charge in [-0.15, -0.1) is 0 Å². The average molecular weight is 290 g/mol. The highest BCUT2D eigenvalue weighted by atomic mass is 16.5. The van der Waals surface area contributed by atoms with E-state index in [-0.39, 0.29) is 5.75 Å². The quantitative estimate of drug-likeness (QED) is 0.732. The zero-order valence-corrected chi connectivity index (χ0v) is 12.7. The molecule has 0 amide bonds. The standard InChI is InChI=1S/C20H18O2/c1-14-11-12-19(21)18(13-14)17-10-6-9-16(20(17)22-2)15-7-4-3-5-8-15/h3-13,21H,1-2H3. The Morgan fingerprint density at radius 1 is 0.773 bits per heavy atom. The number of hydrogen-bond acceptors (Lipinski definition) is 2. The molecule has 3 aromatic carbocycles. The second kappa shape index (κ2) is 5.94. The summed E-state index contributed by atoms with van der Waals surface area (Å²) in [7, 11) is 1.66. The maximum atomic E-state index is 10.2. The molecule has 0 radical (unpaired) electrons. The molecule has 22 heavy (non-hydrogen) atoms. The molecule has 2 heteroatoms. The van der Waals surface area contributed by atoms with E-state index in [0.29, 0.717) is 0 Å². The molecular weight excluding hydrogens is 272 g/mol. The van der Waals surface area contributed by atoms with Crippen molar-refractivity contribution in [1.29, 1.82) is 0 Å². The minimum atomic E-state index is 0.258. The number of hydrogen-bond donors (Lipinski definition) is 1. The lowest BCUT2D eigenvalue weighted by atomic mass is 9.96. The molecule has 0 aliphatic rings. The van der Waals surface area contributed by atoms with Crippen LogP contribution in [0.15, 0.2) is 66.7 Å². The molecule has 0 atom stereocenters. The molecule has 0 aliphatic carbocycles. The third-order valence-corrected chi connectivity index (χ3v) is 3.75. The topological polar surface area (TPSA) is 29.5 Å². The molecule has 1 N–H and O–H groups in total. The lowest BCUT2D eigenvalue weighted by molar-refractivity contribution is 0.417. The molecule has 0 spiro atoms. The van der Waals surface area contributed by atoms with Gasteiger partial charge in [-0.25, -0.2) is 0 Å². The fourth-order valence-corrected chi connectivity index (χ4v) is 2.68. The first-order chi connectivity index (χ1) is 10.7. The van der Waals surface area contributed by atoms with Crippen molar-refractivity contribution >= 4 is 0 Å². The summed E-state index contributed by atoms with van der Waals surface area (Å²) < 4.78 is 5.67. The number of phenolic OH excluding ortho intramolecular Hbond substituents is 1. The van der Waals surface area contributed by atoms with Crippen molar-refractivity contribution in [2.45, 2.75) is 6.92 Å². The highest BCUT2D eigenvalue weighted by Gasteiger charge is 2.14. The van der Waals surface area contributed by atoms with Gasteiger partial charge in [0.05, 0.1) is 7.11 Å². The van der Waals surface area contributed by atoms with E-state index in [0.717, 1.165) is 33.6 Å². The lowest BCUT2D eigenvalue weighted by Gasteiger charge is -2.15. The number of rotatable bonds is 3. The van der Waals surface area contributed by atoms with Gasteiger partial charge >= 0.3 is 0 Å². The maximum absolute atomic E-state index is 10.2. The van der Waals surface area contributed by atoms with Crippen LogP contribution in [0.2, 0.25) is 0 Å². The van der Waals surface area contributed by atoms with Gasteiger partial charge in [0.15, 0.2) is 0 Å². The molecule has 0 aliphatic heterocycles. The molecule has 110 valence electrons. The molecule has 0 unspecified atom stereocenters. The van der Waals surface area contributed by atoms with Crippen LogP contribution >= 0.6 is 0 Å². The Balaban J connectivity index is 2.24. The second-order valence-electron chi connectivity index (χ2n) is 5.27. The molecule has 3 rings (SSSR count). The van der Waals surface area contributed by atoms with Gasteiger partial charge in [0, 0.05) is 16.7 Å². The Hall–Kier alpha value is -2.74. The van der Waals surface area contributed by atoms with Crippen molar-refractivity contribution in [3.05, 3.63) is 72.3 Å². The summed E-state index contributed by atoms with van der Waals surface area (Å²) in [4.78, 5) is 0. The van der Waals surface area contributed by atoms with Crippen LogP contribution in [0.25, 0.3) is 22.3 Å². The largest absolute Gasteiger partial charge is 0.507 e. The fourth-order valence-electron chi connectivity index (χ4n) is 2.68. The molecule has 0 saturated carbocycles. The Morgan fingerprint density at radius 2 is 1.50 bits per heavy atom. The second-order valence-corrected chi connectivity index (χ2v) is 5.27. The van der Waals surface area contributed by atoms with Gasteiger partial charge < -0.3 is 9.84 Å². The first-order valence-corrected chi connectivity index (χ1v) is 7.23. The van der Waals surface area contributed by atoms with E-state index in [9.17, 15) is 5.11 Å². The minimum absolute atomic E-state index is 0.258. The van der Waals surface area contributed by atoms with Crippen molar-refractivity contribution in [3.63, 3.8) is 0 Å². The molecule has 0 bridgehead atoms. The Kier molecular flexibility index (Phi) is 3.84. The molecular formula is C20H18O2. The smallest absolute Gasteiger partial charge is 0.134 e. The van der Waals surface area contributed by atoms with Crippen molar-refractivity contribution < 1.29 is 9.84 Å². The van der Waals surface area contributed by atoms with E-state index >= 15 is 0 Å². The lowest BCUT2D eigenvalue weighted by Crippen LogP contribution is -1.92. The van der Waals surface area contributed by atoms with Crippen LogP contribution in [-0.2, 0) is 0 Å². The number of methoxy groups -OCH3 is 1. The summed E-state index contributed by atoms with van der Waals surface area (Å²) in [5.41, 5.74) is 4.88. The predicted molar refractivity (Wildman–Crippen MR) is 90.3 cm³/mol.